The summed E-state index contributed by atoms with van der Waals surface area (Å²) in [4.78, 5) is 0. The van der Waals surface area contributed by atoms with Crippen molar-refractivity contribution in [2.75, 3.05) is 5.73 Å². The molecule has 0 amide bonds. The zero-order chi connectivity index (χ0) is 12.3. The van der Waals surface area contributed by atoms with Gasteiger partial charge in [-0.2, -0.15) is 0 Å². The number of ether oxygens (including phenoxy) is 1. The lowest BCUT2D eigenvalue weighted by atomic mass is 10.2. The molecule has 0 heterocycles. The number of anilines is 1. The van der Waals surface area contributed by atoms with Crippen molar-refractivity contribution in [3.8, 4) is 5.75 Å². The molecule has 0 aromatic heterocycles. The second-order valence-electron chi connectivity index (χ2n) is 3.94. The van der Waals surface area contributed by atoms with E-state index in [9.17, 15) is 4.39 Å². The molecule has 0 fully saturated rings. The Morgan fingerprint density at radius 3 is 2.53 bits per heavy atom. The quantitative estimate of drug-likeness (QED) is 0.822. The third kappa shape index (κ3) is 2.97. The van der Waals surface area contributed by atoms with E-state index in [-0.39, 0.29) is 12.4 Å². The Labute approximate surface area is 99.8 Å². The van der Waals surface area contributed by atoms with Crippen LogP contribution in [0, 0.1) is 12.7 Å². The predicted molar refractivity (Wildman–Crippen MR) is 66.3 cm³/mol. The van der Waals surface area contributed by atoms with Crippen LogP contribution < -0.4 is 10.5 Å². The van der Waals surface area contributed by atoms with Crippen LogP contribution in [0.25, 0.3) is 0 Å². The molecule has 0 radical (unpaired) electrons. The van der Waals surface area contributed by atoms with E-state index in [0.717, 1.165) is 5.75 Å². The van der Waals surface area contributed by atoms with Crippen molar-refractivity contribution >= 4 is 5.69 Å². The molecule has 2 aromatic rings. The molecule has 0 saturated heterocycles. The summed E-state index contributed by atoms with van der Waals surface area (Å²) in [6, 6.07) is 12.0. The van der Waals surface area contributed by atoms with Crippen LogP contribution in [-0.2, 0) is 6.61 Å². The van der Waals surface area contributed by atoms with Crippen LogP contribution in [-0.4, -0.2) is 0 Å². The molecule has 0 aliphatic heterocycles. The molecule has 2 N–H and O–H groups in total. The molecule has 2 aromatic carbocycles. The molecule has 0 bridgehead atoms. The molecule has 2 nitrogen and oxygen atoms in total. The summed E-state index contributed by atoms with van der Waals surface area (Å²) in [5.74, 6) is 0.445. The van der Waals surface area contributed by atoms with Crippen LogP contribution in [0.2, 0.25) is 0 Å². The number of aryl methyl sites for hydroxylation is 1. The first-order valence-corrected chi connectivity index (χ1v) is 5.38. The average Bonchev–Trinajstić information content (AvgIpc) is 2.32. The van der Waals surface area contributed by atoms with E-state index in [1.54, 1.807) is 6.07 Å². The van der Waals surface area contributed by atoms with Gasteiger partial charge in [-0.15, -0.1) is 0 Å². The van der Waals surface area contributed by atoms with Crippen molar-refractivity contribution in [2.45, 2.75) is 13.5 Å². The van der Waals surface area contributed by atoms with E-state index >= 15 is 0 Å². The summed E-state index contributed by atoms with van der Waals surface area (Å²) in [7, 11) is 0. The van der Waals surface area contributed by atoms with Gasteiger partial charge in [0.25, 0.3) is 0 Å². The Hall–Kier alpha value is -2.03. The molecule has 0 spiro atoms. The van der Waals surface area contributed by atoms with Crippen molar-refractivity contribution in [2.24, 2.45) is 0 Å². The van der Waals surface area contributed by atoms with Gasteiger partial charge >= 0.3 is 0 Å². The molecule has 3 heteroatoms. The third-order valence-electron chi connectivity index (χ3n) is 2.52. The van der Waals surface area contributed by atoms with Gasteiger partial charge in [0.1, 0.15) is 18.2 Å². The summed E-state index contributed by atoms with van der Waals surface area (Å²) in [5, 5.41) is 0. The number of hydrogen-bond acceptors (Lipinski definition) is 2. The van der Waals surface area contributed by atoms with E-state index in [1.165, 1.54) is 17.7 Å². The Morgan fingerprint density at radius 2 is 1.82 bits per heavy atom. The first kappa shape index (κ1) is 11.5. The first-order chi connectivity index (χ1) is 8.15. The largest absolute Gasteiger partial charge is 0.489 e. The minimum absolute atomic E-state index is 0.270. The molecule has 2 rings (SSSR count). The van der Waals surface area contributed by atoms with E-state index in [1.807, 2.05) is 31.2 Å². The minimum atomic E-state index is -0.304. The fraction of sp³-hybridized carbons (Fsp3) is 0.143. The predicted octanol–water partition coefficient (Wildman–Crippen LogP) is 3.30. The fourth-order valence-electron chi connectivity index (χ4n) is 1.49. The van der Waals surface area contributed by atoms with Crippen LogP contribution in [0.3, 0.4) is 0 Å². The van der Waals surface area contributed by atoms with Crippen LogP contribution in [0.1, 0.15) is 11.1 Å². The molecular formula is C14H14FNO. The van der Waals surface area contributed by atoms with Gasteiger partial charge in [-0.3, -0.25) is 0 Å². The van der Waals surface area contributed by atoms with Crippen LogP contribution in [0.5, 0.6) is 5.75 Å². The summed E-state index contributed by atoms with van der Waals surface area (Å²) in [5.41, 5.74) is 8.10. The summed E-state index contributed by atoms with van der Waals surface area (Å²) >= 11 is 0. The van der Waals surface area contributed by atoms with Crippen molar-refractivity contribution in [1.29, 1.82) is 0 Å². The third-order valence-corrected chi connectivity index (χ3v) is 2.52. The SMILES string of the molecule is Cc1ccc(OCc2cc(F)ccc2N)cc1. The maximum Gasteiger partial charge on any atom is 0.123 e. The van der Waals surface area contributed by atoms with Gasteiger partial charge in [0, 0.05) is 11.3 Å². The van der Waals surface area contributed by atoms with E-state index < -0.39 is 0 Å². The fourth-order valence-corrected chi connectivity index (χ4v) is 1.49. The second-order valence-corrected chi connectivity index (χ2v) is 3.94. The average molecular weight is 231 g/mol. The zero-order valence-corrected chi connectivity index (χ0v) is 9.61. The standard InChI is InChI=1S/C14H14FNO/c1-10-2-5-13(6-3-10)17-9-11-8-12(15)4-7-14(11)16/h2-8H,9,16H2,1H3. The Balaban J connectivity index is 2.07. The Morgan fingerprint density at radius 1 is 1.12 bits per heavy atom. The van der Waals surface area contributed by atoms with Crippen molar-refractivity contribution in [3.05, 3.63) is 59.4 Å². The highest BCUT2D eigenvalue weighted by Crippen LogP contribution is 2.17. The Bertz CT molecular complexity index is 508. The number of nitrogen functional groups attached to an aromatic ring is 1. The number of hydrogen-bond donors (Lipinski definition) is 1. The van der Waals surface area contributed by atoms with Crippen molar-refractivity contribution < 1.29 is 9.13 Å². The van der Waals surface area contributed by atoms with Gasteiger partial charge in [-0.05, 0) is 37.3 Å². The first-order valence-electron chi connectivity index (χ1n) is 5.38. The van der Waals surface area contributed by atoms with Gasteiger partial charge in [0.15, 0.2) is 0 Å². The smallest absolute Gasteiger partial charge is 0.123 e. The molecule has 0 unspecified atom stereocenters. The molecule has 0 saturated carbocycles. The molecular weight excluding hydrogens is 217 g/mol. The molecule has 0 aliphatic rings. The number of benzene rings is 2. The molecule has 17 heavy (non-hydrogen) atoms. The normalized spacial score (nSPS) is 10.2. The number of halogens is 1. The summed E-state index contributed by atoms with van der Waals surface area (Å²) in [6.07, 6.45) is 0. The lowest BCUT2D eigenvalue weighted by Crippen LogP contribution is -2.00. The summed E-state index contributed by atoms with van der Waals surface area (Å²) < 4.78 is 18.6. The van der Waals surface area contributed by atoms with Crippen LogP contribution >= 0.6 is 0 Å². The number of rotatable bonds is 3. The molecule has 0 aliphatic carbocycles. The minimum Gasteiger partial charge on any atom is -0.489 e. The lowest BCUT2D eigenvalue weighted by Gasteiger charge is -2.08. The second kappa shape index (κ2) is 4.87. The highest BCUT2D eigenvalue weighted by Gasteiger charge is 2.02. The topological polar surface area (TPSA) is 35.2 Å². The van der Waals surface area contributed by atoms with Crippen molar-refractivity contribution in [3.63, 3.8) is 0 Å². The van der Waals surface area contributed by atoms with Gasteiger partial charge in [0.2, 0.25) is 0 Å². The van der Waals surface area contributed by atoms with Gasteiger partial charge in [-0.25, -0.2) is 4.39 Å². The lowest BCUT2D eigenvalue weighted by molar-refractivity contribution is 0.306. The Kier molecular flexibility index (Phi) is 3.28. The molecule has 0 atom stereocenters. The maximum atomic E-state index is 13.0. The zero-order valence-electron chi connectivity index (χ0n) is 9.61. The molecule has 88 valence electrons. The van der Waals surface area contributed by atoms with E-state index in [2.05, 4.69) is 0 Å². The van der Waals surface area contributed by atoms with E-state index in [0.29, 0.717) is 11.3 Å². The maximum absolute atomic E-state index is 13.0. The monoisotopic (exact) mass is 231 g/mol. The highest BCUT2D eigenvalue weighted by atomic mass is 19.1. The van der Waals surface area contributed by atoms with Crippen LogP contribution in [0.4, 0.5) is 10.1 Å². The summed E-state index contributed by atoms with van der Waals surface area (Å²) in [6.45, 7) is 2.28. The van der Waals surface area contributed by atoms with Gasteiger partial charge in [0.05, 0.1) is 0 Å². The van der Waals surface area contributed by atoms with Crippen molar-refractivity contribution in [1.82, 2.24) is 0 Å². The number of nitrogens with two attached hydrogens (primary N) is 1. The van der Waals surface area contributed by atoms with Gasteiger partial charge in [-0.1, -0.05) is 17.7 Å². The highest BCUT2D eigenvalue weighted by molar-refractivity contribution is 5.46. The van der Waals surface area contributed by atoms with E-state index in [4.69, 9.17) is 10.5 Å². The van der Waals surface area contributed by atoms with Crippen LogP contribution in [0.15, 0.2) is 42.5 Å². The van der Waals surface area contributed by atoms with Gasteiger partial charge < -0.3 is 10.5 Å².